The lowest BCUT2D eigenvalue weighted by atomic mass is 9.34. The number of fused-ring (bicyclic) bond motifs is 7. The Morgan fingerprint density at radius 2 is 1.57 bits per heavy atom. The molecule has 1 heteroatoms. The average molecular weight is 413 g/mol. The largest absolute Gasteiger partial charge is 0.393 e. The van der Waals surface area contributed by atoms with Crippen molar-refractivity contribution in [3.05, 3.63) is 11.6 Å². The van der Waals surface area contributed by atoms with Gasteiger partial charge in [0.25, 0.3) is 0 Å². The van der Waals surface area contributed by atoms with Crippen LogP contribution in [-0.2, 0) is 0 Å². The summed E-state index contributed by atoms with van der Waals surface area (Å²) < 4.78 is 0. The third kappa shape index (κ3) is 2.63. The average Bonchev–Trinajstić information content (AvgIpc) is 2.67. The molecule has 30 heavy (non-hydrogen) atoms. The van der Waals surface area contributed by atoms with E-state index in [-0.39, 0.29) is 6.10 Å². The molecule has 5 aliphatic carbocycles. The van der Waals surface area contributed by atoms with Gasteiger partial charge in [-0.1, -0.05) is 60.1 Å². The first kappa shape index (κ1) is 21.5. The van der Waals surface area contributed by atoms with Crippen LogP contribution in [0.2, 0.25) is 0 Å². The van der Waals surface area contributed by atoms with Gasteiger partial charge in [0.2, 0.25) is 0 Å². The van der Waals surface area contributed by atoms with E-state index in [4.69, 9.17) is 0 Å². The van der Waals surface area contributed by atoms with Gasteiger partial charge in [-0.25, -0.2) is 0 Å². The number of rotatable bonds is 0. The monoisotopic (exact) mass is 412 g/mol. The summed E-state index contributed by atoms with van der Waals surface area (Å²) >= 11 is 0. The molecule has 0 aliphatic heterocycles. The molecule has 1 nitrogen and oxygen atoms in total. The molecular formula is C29H48O. The molecule has 0 aromatic carbocycles. The Morgan fingerprint density at radius 3 is 2.30 bits per heavy atom. The number of aliphatic hydroxyl groups excluding tert-OH is 1. The van der Waals surface area contributed by atoms with E-state index in [1.807, 2.05) is 5.57 Å². The van der Waals surface area contributed by atoms with Gasteiger partial charge in [-0.2, -0.15) is 0 Å². The maximum Gasteiger partial charge on any atom is 0.0568 e. The van der Waals surface area contributed by atoms with E-state index in [9.17, 15) is 5.11 Å². The summed E-state index contributed by atoms with van der Waals surface area (Å²) in [6.45, 7) is 18.0. The fourth-order valence-corrected chi connectivity index (χ4v) is 10.1. The van der Waals surface area contributed by atoms with E-state index >= 15 is 0 Å². The minimum atomic E-state index is -0.0717. The zero-order chi connectivity index (χ0) is 21.7. The van der Waals surface area contributed by atoms with Crippen molar-refractivity contribution in [2.75, 3.05) is 0 Å². The van der Waals surface area contributed by atoms with Gasteiger partial charge in [0.05, 0.1) is 6.10 Å². The van der Waals surface area contributed by atoms with Crippen LogP contribution >= 0.6 is 0 Å². The lowest BCUT2D eigenvalue weighted by Gasteiger charge is -2.70. The second-order valence-corrected chi connectivity index (χ2v) is 14.4. The molecule has 0 aromatic rings. The molecule has 0 aromatic heterocycles. The molecule has 0 unspecified atom stereocenters. The first-order valence-corrected chi connectivity index (χ1v) is 13.3. The summed E-state index contributed by atoms with van der Waals surface area (Å²) in [5.41, 5.74) is 4.12. The van der Waals surface area contributed by atoms with Gasteiger partial charge in [0, 0.05) is 0 Å². The SMILES string of the molecule is C[C@@H]1[C@H](O)CC[C@]2(C)[C@H]3CC=C4[C@@H]5CC(C)(C)CC[C@]5(C)CC[C@@]4(C)[C@]3(C)CC[C@@H]12. The maximum absolute atomic E-state index is 10.6. The molecule has 9 atom stereocenters. The fourth-order valence-electron chi connectivity index (χ4n) is 10.1. The van der Waals surface area contributed by atoms with Gasteiger partial charge in [0.15, 0.2) is 0 Å². The molecule has 5 rings (SSSR count). The summed E-state index contributed by atoms with van der Waals surface area (Å²) in [6.07, 6.45) is 16.0. The lowest BCUT2D eigenvalue weighted by molar-refractivity contribution is -0.179. The predicted molar refractivity (Wildman–Crippen MR) is 126 cm³/mol. The van der Waals surface area contributed by atoms with E-state index < -0.39 is 0 Å². The summed E-state index contributed by atoms with van der Waals surface area (Å²) in [5, 5.41) is 10.6. The van der Waals surface area contributed by atoms with Gasteiger partial charge >= 0.3 is 0 Å². The van der Waals surface area contributed by atoms with Crippen LogP contribution in [0.4, 0.5) is 0 Å². The van der Waals surface area contributed by atoms with Crippen LogP contribution in [-0.4, -0.2) is 11.2 Å². The van der Waals surface area contributed by atoms with E-state index in [1.54, 1.807) is 0 Å². The summed E-state index contributed by atoms with van der Waals surface area (Å²) in [4.78, 5) is 0. The smallest absolute Gasteiger partial charge is 0.0568 e. The molecule has 4 saturated carbocycles. The standard InChI is InChI=1S/C29H48O/c1-19-20-10-13-29(7)24(27(20,5)12-11-23(19)30)9-8-21-22-18-25(2,3)14-15-26(22,4)16-17-28(21,29)6/h8,19-20,22-24,30H,9-18H2,1-7H3/t19-,20-,22-,23+,24+,26+,27-,28+,29+/m0/s1. The molecule has 0 bridgehead atoms. The van der Waals surface area contributed by atoms with Crippen molar-refractivity contribution in [3.63, 3.8) is 0 Å². The minimum Gasteiger partial charge on any atom is -0.393 e. The van der Waals surface area contributed by atoms with Gasteiger partial charge in [-0.15, -0.1) is 0 Å². The molecule has 0 spiro atoms. The Labute approximate surface area is 186 Å². The van der Waals surface area contributed by atoms with Crippen molar-refractivity contribution in [2.24, 2.45) is 50.7 Å². The first-order chi connectivity index (χ1) is 13.9. The van der Waals surface area contributed by atoms with Gasteiger partial charge in [0.1, 0.15) is 0 Å². The van der Waals surface area contributed by atoms with Gasteiger partial charge in [-0.3, -0.25) is 0 Å². The highest BCUT2D eigenvalue weighted by Crippen LogP contribution is 2.74. The van der Waals surface area contributed by atoms with Crippen molar-refractivity contribution in [3.8, 4) is 0 Å². The third-order valence-corrected chi connectivity index (χ3v) is 12.6. The van der Waals surface area contributed by atoms with Crippen LogP contribution in [0.15, 0.2) is 11.6 Å². The van der Waals surface area contributed by atoms with Crippen molar-refractivity contribution < 1.29 is 5.11 Å². The van der Waals surface area contributed by atoms with Crippen LogP contribution in [0.1, 0.15) is 113 Å². The highest BCUT2D eigenvalue weighted by Gasteiger charge is 2.66. The number of aliphatic hydroxyl groups is 1. The van der Waals surface area contributed by atoms with Crippen LogP contribution in [0, 0.1) is 50.7 Å². The highest BCUT2D eigenvalue weighted by atomic mass is 16.3. The van der Waals surface area contributed by atoms with Crippen molar-refractivity contribution in [2.45, 2.75) is 119 Å². The zero-order valence-corrected chi connectivity index (χ0v) is 21.0. The molecule has 0 heterocycles. The normalized spacial score (nSPS) is 57.3. The van der Waals surface area contributed by atoms with Crippen molar-refractivity contribution >= 4 is 0 Å². The first-order valence-electron chi connectivity index (χ1n) is 13.3. The fraction of sp³-hybridized carbons (Fsp3) is 0.931. The topological polar surface area (TPSA) is 20.2 Å². The maximum atomic E-state index is 10.6. The Kier molecular flexibility index (Phi) is 4.59. The zero-order valence-electron chi connectivity index (χ0n) is 21.0. The Morgan fingerprint density at radius 1 is 0.867 bits per heavy atom. The second kappa shape index (κ2) is 6.39. The van der Waals surface area contributed by atoms with Crippen LogP contribution in [0.3, 0.4) is 0 Å². The summed E-state index contributed by atoms with van der Waals surface area (Å²) in [5.74, 6) is 2.77. The second-order valence-electron chi connectivity index (χ2n) is 14.4. The molecule has 0 saturated heterocycles. The molecular weight excluding hydrogens is 364 g/mol. The van der Waals surface area contributed by atoms with Crippen molar-refractivity contribution in [1.82, 2.24) is 0 Å². The van der Waals surface area contributed by atoms with E-state index in [0.717, 1.165) is 18.3 Å². The highest BCUT2D eigenvalue weighted by molar-refractivity contribution is 5.33. The van der Waals surface area contributed by atoms with Crippen LogP contribution < -0.4 is 0 Å². The van der Waals surface area contributed by atoms with E-state index in [2.05, 4.69) is 54.5 Å². The molecule has 170 valence electrons. The number of allylic oxidation sites excluding steroid dienone is 2. The quantitative estimate of drug-likeness (QED) is 0.403. The molecule has 5 aliphatic rings. The minimum absolute atomic E-state index is 0.0717. The molecule has 0 amide bonds. The van der Waals surface area contributed by atoms with Crippen LogP contribution in [0.25, 0.3) is 0 Å². The third-order valence-electron chi connectivity index (χ3n) is 12.6. The Balaban J connectivity index is 1.56. The van der Waals surface area contributed by atoms with E-state index in [1.165, 1.54) is 57.8 Å². The lowest BCUT2D eigenvalue weighted by Crippen LogP contribution is -2.62. The van der Waals surface area contributed by atoms with Gasteiger partial charge in [-0.05, 0) is 115 Å². The number of hydrogen-bond donors (Lipinski definition) is 1. The van der Waals surface area contributed by atoms with E-state index in [0.29, 0.717) is 38.9 Å². The number of hydrogen-bond acceptors (Lipinski definition) is 1. The molecule has 4 fully saturated rings. The predicted octanol–water partition coefficient (Wildman–Crippen LogP) is 7.78. The van der Waals surface area contributed by atoms with Gasteiger partial charge < -0.3 is 5.11 Å². The van der Waals surface area contributed by atoms with Crippen LogP contribution in [0.5, 0.6) is 0 Å². The summed E-state index contributed by atoms with van der Waals surface area (Å²) in [7, 11) is 0. The molecule has 0 radical (unpaired) electrons. The Hall–Kier alpha value is -0.300. The summed E-state index contributed by atoms with van der Waals surface area (Å²) in [6, 6.07) is 0. The Bertz CT molecular complexity index is 749. The van der Waals surface area contributed by atoms with Crippen molar-refractivity contribution in [1.29, 1.82) is 0 Å². The molecule has 1 N–H and O–H groups in total.